The minimum Gasteiger partial charge on any atom is -0.317 e. The molecular formula is C10H24N2S. The standard InChI is InChI=1S/C10H24N2S/c1-5-11-7-6-8-12(3)10(2)9-13-4/h10-11H,5-9H2,1-4H3. The van der Waals surface area contributed by atoms with Crippen LogP contribution >= 0.6 is 11.8 Å². The fourth-order valence-electron chi connectivity index (χ4n) is 1.22. The summed E-state index contributed by atoms with van der Waals surface area (Å²) >= 11 is 1.92. The summed E-state index contributed by atoms with van der Waals surface area (Å²) in [6, 6.07) is 0.705. The molecule has 0 aliphatic rings. The molecule has 0 saturated carbocycles. The molecule has 0 radical (unpaired) electrons. The van der Waals surface area contributed by atoms with E-state index in [-0.39, 0.29) is 0 Å². The molecule has 0 aliphatic heterocycles. The van der Waals surface area contributed by atoms with Crippen LogP contribution in [0.4, 0.5) is 0 Å². The second-order valence-corrected chi connectivity index (χ2v) is 4.40. The summed E-state index contributed by atoms with van der Waals surface area (Å²) in [6.07, 6.45) is 3.42. The molecule has 0 rings (SSSR count). The molecular weight excluding hydrogens is 180 g/mol. The van der Waals surface area contributed by atoms with Gasteiger partial charge in [-0.05, 0) is 46.3 Å². The largest absolute Gasteiger partial charge is 0.317 e. The molecule has 80 valence electrons. The van der Waals surface area contributed by atoms with E-state index in [2.05, 4.69) is 37.4 Å². The topological polar surface area (TPSA) is 15.3 Å². The zero-order valence-corrected chi connectivity index (χ0v) is 10.3. The van der Waals surface area contributed by atoms with E-state index in [1.807, 2.05) is 11.8 Å². The third-order valence-corrected chi connectivity index (χ3v) is 3.09. The maximum Gasteiger partial charge on any atom is 0.0154 e. The summed E-state index contributed by atoms with van der Waals surface area (Å²) in [6.45, 7) is 7.88. The van der Waals surface area contributed by atoms with Gasteiger partial charge in [0.25, 0.3) is 0 Å². The summed E-state index contributed by atoms with van der Waals surface area (Å²) in [5.41, 5.74) is 0. The zero-order chi connectivity index (χ0) is 10.1. The molecule has 0 aromatic carbocycles. The van der Waals surface area contributed by atoms with Gasteiger partial charge in [-0.15, -0.1) is 0 Å². The molecule has 1 atom stereocenters. The maximum absolute atomic E-state index is 3.34. The maximum atomic E-state index is 3.34. The van der Waals surface area contributed by atoms with Crippen LogP contribution in [0.3, 0.4) is 0 Å². The van der Waals surface area contributed by atoms with E-state index in [0.717, 1.165) is 13.1 Å². The van der Waals surface area contributed by atoms with Crippen LogP contribution in [-0.2, 0) is 0 Å². The van der Waals surface area contributed by atoms with Gasteiger partial charge in [0.1, 0.15) is 0 Å². The first-order valence-corrected chi connectivity index (χ1v) is 6.51. The lowest BCUT2D eigenvalue weighted by Crippen LogP contribution is -2.33. The molecule has 0 saturated heterocycles. The third-order valence-electron chi connectivity index (χ3n) is 2.27. The Labute approximate surface area is 87.5 Å². The Bertz CT molecular complexity index is 109. The minimum absolute atomic E-state index is 0.705. The van der Waals surface area contributed by atoms with Gasteiger partial charge in [0.05, 0.1) is 0 Å². The van der Waals surface area contributed by atoms with Crippen LogP contribution in [0.2, 0.25) is 0 Å². The summed E-state index contributed by atoms with van der Waals surface area (Å²) in [7, 11) is 2.22. The molecule has 0 heterocycles. The Morgan fingerprint density at radius 1 is 1.46 bits per heavy atom. The molecule has 3 heteroatoms. The van der Waals surface area contributed by atoms with E-state index in [0.29, 0.717) is 6.04 Å². The van der Waals surface area contributed by atoms with Crippen molar-refractivity contribution < 1.29 is 0 Å². The second-order valence-electron chi connectivity index (χ2n) is 3.49. The van der Waals surface area contributed by atoms with E-state index in [4.69, 9.17) is 0 Å². The average molecular weight is 204 g/mol. The summed E-state index contributed by atoms with van der Waals surface area (Å²) in [4.78, 5) is 2.44. The van der Waals surface area contributed by atoms with E-state index >= 15 is 0 Å². The molecule has 0 aromatic rings. The predicted molar refractivity (Wildman–Crippen MR) is 63.6 cm³/mol. The Hall–Kier alpha value is 0.270. The van der Waals surface area contributed by atoms with E-state index in [1.165, 1.54) is 18.7 Å². The fraction of sp³-hybridized carbons (Fsp3) is 1.00. The summed E-state index contributed by atoms with van der Waals surface area (Å²) in [5.74, 6) is 1.23. The first-order chi connectivity index (χ1) is 6.22. The van der Waals surface area contributed by atoms with Crippen LogP contribution in [0, 0.1) is 0 Å². The lowest BCUT2D eigenvalue weighted by molar-refractivity contribution is 0.273. The van der Waals surface area contributed by atoms with Crippen molar-refractivity contribution in [1.82, 2.24) is 10.2 Å². The molecule has 0 aliphatic carbocycles. The molecule has 0 spiro atoms. The number of rotatable bonds is 8. The van der Waals surface area contributed by atoms with E-state index in [1.54, 1.807) is 0 Å². The van der Waals surface area contributed by atoms with Crippen LogP contribution in [0.5, 0.6) is 0 Å². The van der Waals surface area contributed by atoms with Gasteiger partial charge in [0.15, 0.2) is 0 Å². The Kier molecular flexibility index (Phi) is 9.03. The van der Waals surface area contributed by atoms with Gasteiger partial charge in [-0.1, -0.05) is 6.92 Å². The first-order valence-electron chi connectivity index (χ1n) is 5.12. The van der Waals surface area contributed by atoms with Crippen LogP contribution in [-0.4, -0.2) is 49.6 Å². The quantitative estimate of drug-likeness (QED) is 0.606. The van der Waals surface area contributed by atoms with Crippen molar-refractivity contribution in [3.05, 3.63) is 0 Å². The lowest BCUT2D eigenvalue weighted by atomic mass is 10.3. The smallest absolute Gasteiger partial charge is 0.0154 e. The van der Waals surface area contributed by atoms with Gasteiger partial charge in [0, 0.05) is 11.8 Å². The normalized spacial score (nSPS) is 13.6. The van der Waals surface area contributed by atoms with Gasteiger partial charge in [-0.2, -0.15) is 11.8 Å². The molecule has 2 nitrogen and oxygen atoms in total. The molecule has 0 bridgehead atoms. The van der Waals surface area contributed by atoms with E-state index in [9.17, 15) is 0 Å². The van der Waals surface area contributed by atoms with Crippen LogP contribution in [0.25, 0.3) is 0 Å². The van der Waals surface area contributed by atoms with E-state index < -0.39 is 0 Å². The molecule has 0 aromatic heterocycles. The zero-order valence-electron chi connectivity index (χ0n) is 9.47. The molecule has 1 N–H and O–H groups in total. The fourth-order valence-corrected chi connectivity index (χ4v) is 1.96. The summed E-state index contributed by atoms with van der Waals surface area (Å²) < 4.78 is 0. The second kappa shape index (κ2) is 8.85. The summed E-state index contributed by atoms with van der Waals surface area (Å²) in [5, 5.41) is 3.34. The van der Waals surface area contributed by atoms with Gasteiger partial charge >= 0.3 is 0 Å². The van der Waals surface area contributed by atoms with Crippen molar-refractivity contribution in [2.75, 3.05) is 38.7 Å². The van der Waals surface area contributed by atoms with Gasteiger partial charge in [0.2, 0.25) is 0 Å². The van der Waals surface area contributed by atoms with Crippen molar-refractivity contribution in [3.63, 3.8) is 0 Å². The highest BCUT2D eigenvalue weighted by Crippen LogP contribution is 2.03. The number of thioether (sulfide) groups is 1. The first kappa shape index (κ1) is 13.3. The van der Waals surface area contributed by atoms with Gasteiger partial charge in [-0.3, -0.25) is 0 Å². The number of nitrogens with zero attached hydrogens (tertiary/aromatic N) is 1. The highest BCUT2D eigenvalue weighted by Gasteiger charge is 2.06. The Morgan fingerprint density at radius 2 is 2.15 bits per heavy atom. The van der Waals surface area contributed by atoms with Crippen molar-refractivity contribution in [3.8, 4) is 0 Å². The van der Waals surface area contributed by atoms with Crippen LogP contribution in [0.1, 0.15) is 20.3 Å². The molecule has 1 unspecified atom stereocenters. The van der Waals surface area contributed by atoms with Crippen molar-refractivity contribution in [2.45, 2.75) is 26.3 Å². The van der Waals surface area contributed by atoms with Crippen LogP contribution < -0.4 is 5.32 Å². The highest BCUT2D eigenvalue weighted by atomic mass is 32.2. The highest BCUT2D eigenvalue weighted by molar-refractivity contribution is 7.98. The lowest BCUT2D eigenvalue weighted by Gasteiger charge is -2.23. The monoisotopic (exact) mass is 204 g/mol. The van der Waals surface area contributed by atoms with Gasteiger partial charge in [-0.25, -0.2) is 0 Å². The SMILES string of the molecule is CCNCCCN(C)C(C)CSC. The molecule has 0 fully saturated rings. The number of nitrogens with one attached hydrogen (secondary N) is 1. The third kappa shape index (κ3) is 7.35. The minimum atomic E-state index is 0.705. The van der Waals surface area contributed by atoms with Crippen molar-refractivity contribution in [1.29, 1.82) is 0 Å². The predicted octanol–water partition coefficient (Wildman–Crippen LogP) is 1.67. The van der Waals surface area contributed by atoms with Crippen LogP contribution in [0.15, 0.2) is 0 Å². The Balaban J connectivity index is 3.32. The van der Waals surface area contributed by atoms with Crippen molar-refractivity contribution >= 4 is 11.8 Å². The number of hydrogen-bond donors (Lipinski definition) is 1. The molecule has 13 heavy (non-hydrogen) atoms. The number of hydrogen-bond acceptors (Lipinski definition) is 3. The Morgan fingerprint density at radius 3 is 2.69 bits per heavy atom. The average Bonchev–Trinajstić information content (AvgIpc) is 2.12. The molecule has 0 amide bonds. The van der Waals surface area contributed by atoms with Crippen molar-refractivity contribution in [2.24, 2.45) is 0 Å². The van der Waals surface area contributed by atoms with Gasteiger partial charge < -0.3 is 10.2 Å².